The summed E-state index contributed by atoms with van der Waals surface area (Å²) in [7, 11) is 1.92. The number of hydrogen-bond donors (Lipinski definition) is 1. The fourth-order valence-corrected chi connectivity index (χ4v) is 2.74. The Bertz CT molecular complexity index is 472. The SMILES string of the molecule is CNC(CSc1ccccc1F)Cc1ccoc1. The van der Waals surface area contributed by atoms with E-state index in [9.17, 15) is 4.39 Å². The van der Waals surface area contributed by atoms with Gasteiger partial charge in [-0.3, -0.25) is 0 Å². The molecule has 0 saturated heterocycles. The van der Waals surface area contributed by atoms with Crippen LogP contribution >= 0.6 is 11.8 Å². The van der Waals surface area contributed by atoms with Crippen molar-refractivity contribution in [3.63, 3.8) is 0 Å². The molecular formula is C14H16FNOS. The van der Waals surface area contributed by atoms with Crippen molar-refractivity contribution >= 4 is 11.8 Å². The van der Waals surface area contributed by atoms with E-state index < -0.39 is 0 Å². The molecule has 96 valence electrons. The smallest absolute Gasteiger partial charge is 0.136 e. The normalized spacial score (nSPS) is 12.6. The van der Waals surface area contributed by atoms with Crippen LogP contribution in [0, 0.1) is 5.82 Å². The van der Waals surface area contributed by atoms with Crippen molar-refractivity contribution in [1.29, 1.82) is 0 Å². The van der Waals surface area contributed by atoms with E-state index in [0.29, 0.717) is 10.9 Å². The van der Waals surface area contributed by atoms with Crippen molar-refractivity contribution in [3.05, 3.63) is 54.2 Å². The van der Waals surface area contributed by atoms with Crippen LogP contribution in [-0.2, 0) is 6.42 Å². The van der Waals surface area contributed by atoms with Crippen LogP contribution in [0.2, 0.25) is 0 Å². The molecule has 1 atom stereocenters. The highest BCUT2D eigenvalue weighted by Gasteiger charge is 2.10. The summed E-state index contributed by atoms with van der Waals surface area (Å²) >= 11 is 1.53. The Morgan fingerprint density at radius 1 is 1.33 bits per heavy atom. The third-order valence-corrected chi connectivity index (χ3v) is 3.96. The number of benzene rings is 1. The lowest BCUT2D eigenvalue weighted by Gasteiger charge is -2.14. The highest BCUT2D eigenvalue weighted by molar-refractivity contribution is 7.99. The lowest BCUT2D eigenvalue weighted by Crippen LogP contribution is -2.29. The summed E-state index contributed by atoms with van der Waals surface area (Å²) in [5.74, 6) is 0.670. The van der Waals surface area contributed by atoms with Crippen LogP contribution in [0.25, 0.3) is 0 Å². The molecule has 0 aliphatic heterocycles. The van der Waals surface area contributed by atoms with E-state index >= 15 is 0 Å². The summed E-state index contributed by atoms with van der Waals surface area (Å²) in [6.45, 7) is 0. The summed E-state index contributed by atoms with van der Waals surface area (Å²) in [6.07, 6.45) is 4.30. The molecule has 2 nitrogen and oxygen atoms in total. The molecule has 2 aromatic rings. The lowest BCUT2D eigenvalue weighted by atomic mass is 10.1. The molecular weight excluding hydrogens is 249 g/mol. The molecule has 0 aliphatic rings. The van der Waals surface area contributed by atoms with Crippen LogP contribution in [0.3, 0.4) is 0 Å². The zero-order chi connectivity index (χ0) is 12.8. The fraction of sp³-hybridized carbons (Fsp3) is 0.286. The van der Waals surface area contributed by atoms with Gasteiger partial charge in [0, 0.05) is 16.7 Å². The van der Waals surface area contributed by atoms with Crippen molar-refractivity contribution in [3.8, 4) is 0 Å². The molecule has 1 unspecified atom stereocenters. The number of rotatable bonds is 6. The van der Waals surface area contributed by atoms with Gasteiger partial charge in [0.2, 0.25) is 0 Å². The van der Waals surface area contributed by atoms with Crippen molar-refractivity contribution in [1.82, 2.24) is 5.32 Å². The van der Waals surface area contributed by atoms with Crippen LogP contribution in [0.4, 0.5) is 4.39 Å². The van der Waals surface area contributed by atoms with Crippen LogP contribution < -0.4 is 5.32 Å². The number of hydrogen-bond acceptors (Lipinski definition) is 3. The second-order valence-electron chi connectivity index (χ2n) is 4.06. The van der Waals surface area contributed by atoms with Crippen LogP contribution in [-0.4, -0.2) is 18.8 Å². The maximum Gasteiger partial charge on any atom is 0.136 e. The fourth-order valence-electron chi connectivity index (χ4n) is 1.69. The van der Waals surface area contributed by atoms with E-state index in [-0.39, 0.29) is 5.82 Å². The predicted octanol–water partition coefficient (Wildman–Crippen LogP) is 3.34. The lowest BCUT2D eigenvalue weighted by molar-refractivity contribution is 0.556. The average Bonchev–Trinajstić information content (AvgIpc) is 2.89. The molecule has 0 radical (unpaired) electrons. The van der Waals surface area contributed by atoms with Gasteiger partial charge < -0.3 is 9.73 Å². The average molecular weight is 265 g/mol. The summed E-state index contributed by atoms with van der Waals surface area (Å²) in [4.78, 5) is 0.699. The van der Waals surface area contributed by atoms with Gasteiger partial charge in [0.05, 0.1) is 12.5 Å². The van der Waals surface area contributed by atoms with E-state index in [1.807, 2.05) is 25.2 Å². The first-order valence-corrected chi connectivity index (χ1v) is 6.84. The maximum atomic E-state index is 13.5. The Kier molecular flexibility index (Phi) is 4.84. The monoisotopic (exact) mass is 265 g/mol. The molecule has 0 amide bonds. The van der Waals surface area contributed by atoms with Gasteiger partial charge in [-0.1, -0.05) is 12.1 Å². The molecule has 18 heavy (non-hydrogen) atoms. The third-order valence-electron chi connectivity index (χ3n) is 2.75. The zero-order valence-corrected chi connectivity index (χ0v) is 11.0. The van der Waals surface area contributed by atoms with Gasteiger partial charge in [-0.15, -0.1) is 11.8 Å². The molecule has 1 aromatic carbocycles. The molecule has 1 heterocycles. The Labute approximate surface area is 111 Å². The Balaban J connectivity index is 1.89. The van der Waals surface area contributed by atoms with Crippen LogP contribution in [0.5, 0.6) is 0 Å². The summed E-state index contributed by atoms with van der Waals surface area (Å²) in [5, 5.41) is 3.25. The molecule has 0 saturated carbocycles. The van der Waals surface area contributed by atoms with Gasteiger partial charge in [-0.2, -0.15) is 0 Å². The Morgan fingerprint density at radius 2 is 2.17 bits per heavy atom. The van der Waals surface area contributed by atoms with Crippen LogP contribution in [0.15, 0.2) is 52.2 Å². The van der Waals surface area contributed by atoms with Gasteiger partial charge >= 0.3 is 0 Å². The molecule has 0 spiro atoms. The van der Waals surface area contributed by atoms with Crippen molar-refractivity contribution in [2.45, 2.75) is 17.4 Å². The van der Waals surface area contributed by atoms with E-state index in [4.69, 9.17) is 4.42 Å². The Hall–Kier alpha value is -1.26. The second kappa shape index (κ2) is 6.61. The number of likely N-dealkylation sites (N-methyl/N-ethyl adjacent to an activating group) is 1. The topological polar surface area (TPSA) is 25.2 Å². The zero-order valence-electron chi connectivity index (χ0n) is 10.2. The minimum atomic E-state index is -0.152. The van der Waals surface area contributed by atoms with Gasteiger partial charge in [0.15, 0.2) is 0 Å². The largest absolute Gasteiger partial charge is 0.472 e. The van der Waals surface area contributed by atoms with Crippen molar-refractivity contribution < 1.29 is 8.81 Å². The molecule has 0 aliphatic carbocycles. The van der Waals surface area contributed by atoms with Gasteiger partial charge in [-0.25, -0.2) is 4.39 Å². The van der Waals surface area contributed by atoms with E-state index in [1.54, 1.807) is 18.6 Å². The summed E-state index contributed by atoms with van der Waals surface area (Å²) in [6, 6.07) is 9.12. The first-order valence-electron chi connectivity index (χ1n) is 5.85. The molecule has 1 aromatic heterocycles. The summed E-state index contributed by atoms with van der Waals surface area (Å²) in [5.41, 5.74) is 1.16. The first-order chi connectivity index (χ1) is 8.79. The number of thioether (sulfide) groups is 1. The molecule has 4 heteroatoms. The molecule has 1 N–H and O–H groups in total. The summed E-state index contributed by atoms with van der Waals surface area (Å²) < 4.78 is 18.5. The number of halogens is 1. The standard InChI is InChI=1S/C14H16FNOS/c1-16-12(8-11-6-7-17-9-11)10-18-14-5-3-2-4-13(14)15/h2-7,9,12,16H,8,10H2,1H3. The predicted molar refractivity (Wildman–Crippen MR) is 72.4 cm³/mol. The number of nitrogens with one attached hydrogen (secondary N) is 1. The van der Waals surface area contributed by atoms with E-state index in [1.165, 1.54) is 17.8 Å². The van der Waals surface area contributed by atoms with E-state index in [0.717, 1.165) is 17.7 Å². The van der Waals surface area contributed by atoms with Crippen molar-refractivity contribution in [2.24, 2.45) is 0 Å². The first kappa shape index (κ1) is 13.2. The van der Waals surface area contributed by atoms with Gasteiger partial charge in [-0.05, 0) is 37.2 Å². The quantitative estimate of drug-likeness (QED) is 0.811. The van der Waals surface area contributed by atoms with Gasteiger partial charge in [0.25, 0.3) is 0 Å². The molecule has 2 rings (SSSR count). The molecule has 0 bridgehead atoms. The third kappa shape index (κ3) is 3.62. The van der Waals surface area contributed by atoms with Crippen LogP contribution in [0.1, 0.15) is 5.56 Å². The van der Waals surface area contributed by atoms with Gasteiger partial charge in [0.1, 0.15) is 5.82 Å². The highest BCUT2D eigenvalue weighted by atomic mass is 32.2. The highest BCUT2D eigenvalue weighted by Crippen LogP contribution is 2.22. The second-order valence-corrected chi connectivity index (χ2v) is 5.12. The van der Waals surface area contributed by atoms with E-state index in [2.05, 4.69) is 5.32 Å². The minimum Gasteiger partial charge on any atom is -0.472 e. The Morgan fingerprint density at radius 3 is 2.83 bits per heavy atom. The molecule has 0 fully saturated rings. The maximum absolute atomic E-state index is 13.5. The minimum absolute atomic E-state index is 0.152. The number of furan rings is 1. The van der Waals surface area contributed by atoms with Crippen molar-refractivity contribution in [2.75, 3.05) is 12.8 Å².